The van der Waals surface area contributed by atoms with E-state index in [1.807, 2.05) is 59.3 Å². The van der Waals surface area contributed by atoms with Crippen molar-refractivity contribution in [3.63, 3.8) is 0 Å². The Kier molecular flexibility index (Phi) is 4.09. The number of rotatable bonds is 3. The van der Waals surface area contributed by atoms with Gasteiger partial charge in [0, 0.05) is 21.9 Å². The Morgan fingerprint density at radius 3 is 2.30 bits per heavy atom. The van der Waals surface area contributed by atoms with Crippen molar-refractivity contribution >= 4 is 21.7 Å². The van der Waals surface area contributed by atoms with Crippen LogP contribution >= 0.6 is 15.9 Å². The van der Waals surface area contributed by atoms with Gasteiger partial charge in [-0.1, -0.05) is 28.1 Å². The molecule has 0 saturated carbocycles. The summed E-state index contributed by atoms with van der Waals surface area (Å²) in [6, 6.07) is 17.5. The van der Waals surface area contributed by atoms with Crippen molar-refractivity contribution < 1.29 is 4.74 Å². The summed E-state index contributed by atoms with van der Waals surface area (Å²) in [7, 11) is 1.62. The van der Waals surface area contributed by atoms with E-state index < -0.39 is 0 Å². The Labute approximate surface area is 142 Å². The molecule has 0 spiro atoms. The second-order valence-corrected chi connectivity index (χ2v) is 5.91. The average molecular weight is 368 g/mol. The minimum Gasteiger partial charge on any atom is -0.497 e. The van der Waals surface area contributed by atoms with E-state index in [1.54, 1.807) is 7.11 Å². The first kappa shape index (κ1) is 15.2. The van der Waals surface area contributed by atoms with Gasteiger partial charge in [0.05, 0.1) is 7.11 Å². The van der Waals surface area contributed by atoms with Crippen molar-refractivity contribution in [1.29, 1.82) is 5.26 Å². The van der Waals surface area contributed by atoms with Crippen LogP contribution in [0.4, 0.5) is 5.82 Å². The molecule has 0 aliphatic heterocycles. The molecule has 3 rings (SSSR count). The van der Waals surface area contributed by atoms with Crippen LogP contribution in [0.1, 0.15) is 5.56 Å². The summed E-state index contributed by atoms with van der Waals surface area (Å²) >= 11 is 3.42. The molecular formula is C18H14BrN3O. The van der Waals surface area contributed by atoms with Crippen LogP contribution in [0.2, 0.25) is 0 Å². The first-order valence-electron chi connectivity index (χ1n) is 6.95. The van der Waals surface area contributed by atoms with Crippen LogP contribution in [0.3, 0.4) is 0 Å². The highest BCUT2D eigenvalue weighted by molar-refractivity contribution is 9.10. The second-order valence-electron chi connectivity index (χ2n) is 4.99. The zero-order valence-electron chi connectivity index (χ0n) is 12.5. The van der Waals surface area contributed by atoms with Gasteiger partial charge in [0.2, 0.25) is 0 Å². The van der Waals surface area contributed by atoms with Crippen molar-refractivity contribution in [2.45, 2.75) is 0 Å². The molecule has 5 heteroatoms. The maximum Gasteiger partial charge on any atom is 0.126 e. The maximum atomic E-state index is 9.49. The number of nitriles is 1. The molecule has 1 heterocycles. The summed E-state index contributed by atoms with van der Waals surface area (Å²) in [4.78, 5) is 0. The molecule has 0 atom stereocenters. The lowest BCUT2D eigenvalue weighted by molar-refractivity contribution is 0.415. The fourth-order valence-corrected chi connectivity index (χ4v) is 2.71. The molecular weight excluding hydrogens is 354 g/mol. The normalized spacial score (nSPS) is 10.3. The predicted molar refractivity (Wildman–Crippen MR) is 94.6 cm³/mol. The van der Waals surface area contributed by atoms with Crippen molar-refractivity contribution in [3.05, 3.63) is 64.8 Å². The van der Waals surface area contributed by atoms with Gasteiger partial charge in [-0.2, -0.15) is 5.26 Å². The Morgan fingerprint density at radius 1 is 1.09 bits per heavy atom. The van der Waals surface area contributed by atoms with Gasteiger partial charge >= 0.3 is 0 Å². The van der Waals surface area contributed by atoms with Gasteiger partial charge in [-0.3, -0.25) is 0 Å². The highest BCUT2D eigenvalue weighted by Crippen LogP contribution is 2.32. The van der Waals surface area contributed by atoms with Crippen LogP contribution in [0.5, 0.6) is 5.75 Å². The number of methoxy groups -OCH3 is 1. The molecule has 114 valence electrons. The molecule has 0 radical (unpaired) electrons. The molecule has 4 nitrogen and oxygen atoms in total. The van der Waals surface area contributed by atoms with E-state index in [0.29, 0.717) is 11.4 Å². The predicted octanol–water partition coefficient (Wildman–Crippen LogP) is 4.37. The largest absolute Gasteiger partial charge is 0.497 e. The minimum atomic E-state index is 0.431. The number of anilines is 1. The second kappa shape index (κ2) is 6.19. The van der Waals surface area contributed by atoms with Crippen LogP contribution in [0.25, 0.3) is 16.8 Å². The quantitative estimate of drug-likeness (QED) is 0.747. The third-order valence-electron chi connectivity index (χ3n) is 3.66. The monoisotopic (exact) mass is 367 g/mol. The lowest BCUT2D eigenvalue weighted by atomic mass is 10.0. The summed E-state index contributed by atoms with van der Waals surface area (Å²) in [6.07, 6.45) is 1.89. The fraction of sp³-hybridized carbons (Fsp3) is 0.0556. The SMILES string of the molecule is COc1ccc(-c2cn(-c3ccc(Br)cc3)c(N)c2C#N)cc1. The van der Waals surface area contributed by atoms with Gasteiger partial charge in [0.15, 0.2) is 0 Å². The average Bonchev–Trinajstić information content (AvgIpc) is 2.92. The molecule has 0 aliphatic rings. The smallest absolute Gasteiger partial charge is 0.126 e. The van der Waals surface area contributed by atoms with Gasteiger partial charge < -0.3 is 15.0 Å². The van der Waals surface area contributed by atoms with Crippen LogP contribution < -0.4 is 10.5 Å². The highest BCUT2D eigenvalue weighted by atomic mass is 79.9. The molecule has 0 fully saturated rings. The van der Waals surface area contributed by atoms with Gasteiger partial charge in [-0.05, 0) is 42.0 Å². The standard InChI is InChI=1S/C18H14BrN3O/c1-23-15-8-2-12(3-9-15)17-11-22(18(21)16(17)10-20)14-6-4-13(19)5-7-14/h2-9,11H,21H2,1H3. The Morgan fingerprint density at radius 2 is 1.74 bits per heavy atom. The first-order valence-corrected chi connectivity index (χ1v) is 7.74. The number of halogens is 1. The number of hydrogen-bond donors (Lipinski definition) is 1. The molecule has 1 aromatic heterocycles. The van der Waals surface area contributed by atoms with E-state index in [9.17, 15) is 5.26 Å². The Hall–Kier alpha value is -2.71. The third kappa shape index (κ3) is 2.81. The molecule has 0 aliphatic carbocycles. The first-order chi connectivity index (χ1) is 11.1. The van der Waals surface area contributed by atoms with E-state index in [4.69, 9.17) is 10.5 Å². The summed E-state index contributed by atoms with van der Waals surface area (Å²) < 4.78 is 7.98. The van der Waals surface area contributed by atoms with Crippen molar-refractivity contribution in [2.24, 2.45) is 0 Å². The molecule has 2 N–H and O–H groups in total. The van der Waals surface area contributed by atoms with Crippen LogP contribution in [-0.2, 0) is 0 Å². The maximum absolute atomic E-state index is 9.49. The van der Waals surface area contributed by atoms with E-state index in [0.717, 1.165) is 27.0 Å². The molecule has 0 unspecified atom stereocenters. The number of ether oxygens (including phenoxy) is 1. The van der Waals surface area contributed by atoms with Crippen molar-refractivity contribution in [1.82, 2.24) is 4.57 Å². The number of hydrogen-bond acceptors (Lipinski definition) is 3. The number of nitrogen functional groups attached to an aromatic ring is 1. The Bertz CT molecular complexity index is 874. The summed E-state index contributed by atoms with van der Waals surface area (Å²) in [5.41, 5.74) is 9.28. The van der Waals surface area contributed by atoms with E-state index >= 15 is 0 Å². The number of nitrogens with two attached hydrogens (primary N) is 1. The lowest BCUT2D eigenvalue weighted by Gasteiger charge is -2.05. The summed E-state index contributed by atoms with van der Waals surface area (Å²) in [5, 5.41) is 9.49. The van der Waals surface area contributed by atoms with Crippen molar-refractivity contribution in [3.8, 4) is 28.6 Å². The number of aromatic nitrogens is 1. The lowest BCUT2D eigenvalue weighted by Crippen LogP contribution is -1.99. The molecule has 3 aromatic rings. The molecule has 23 heavy (non-hydrogen) atoms. The summed E-state index contributed by atoms with van der Waals surface area (Å²) in [5.74, 6) is 1.20. The zero-order valence-corrected chi connectivity index (χ0v) is 14.0. The van der Waals surface area contributed by atoms with E-state index in [1.165, 1.54) is 0 Å². The van der Waals surface area contributed by atoms with Crippen LogP contribution in [0.15, 0.2) is 59.2 Å². The van der Waals surface area contributed by atoms with Gasteiger partial charge in [0.25, 0.3) is 0 Å². The van der Waals surface area contributed by atoms with Crippen LogP contribution in [-0.4, -0.2) is 11.7 Å². The molecule has 0 bridgehead atoms. The highest BCUT2D eigenvalue weighted by Gasteiger charge is 2.16. The van der Waals surface area contributed by atoms with Crippen LogP contribution in [0, 0.1) is 11.3 Å². The molecule has 2 aromatic carbocycles. The number of benzene rings is 2. The zero-order chi connectivity index (χ0) is 16.4. The fourth-order valence-electron chi connectivity index (χ4n) is 2.44. The topological polar surface area (TPSA) is 64.0 Å². The third-order valence-corrected chi connectivity index (χ3v) is 4.19. The minimum absolute atomic E-state index is 0.431. The van der Waals surface area contributed by atoms with Gasteiger partial charge in [0.1, 0.15) is 23.2 Å². The van der Waals surface area contributed by atoms with Gasteiger partial charge in [-0.15, -0.1) is 0 Å². The number of nitrogens with zero attached hydrogens (tertiary/aromatic N) is 2. The van der Waals surface area contributed by atoms with Crippen molar-refractivity contribution in [2.75, 3.05) is 12.8 Å². The molecule has 0 saturated heterocycles. The van der Waals surface area contributed by atoms with E-state index in [2.05, 4.69) is 22.0 Å². The Balaban J connectivity index is 2.12. The van der Waals surface area contributed by atoms with Gasteiger partial charge in [-0.25, -0.2) is 0 Å². The summed E-state index contributed by atoms with van der Waals surface area (Å²) in [6.45, 7) is 0. The van der Waals surface area contributed by atoms with E-state index in [-0.39, 0.29) is 0 Å². The molecule has 0 amide bonds.